The van der Waals surface area contributed by atoms with Crippen molar-refractivity contribution >= 4 is 39.0 Å². The van der Waals surface area contributed by atoms with Gasteiger partial charge >= 0.3 is 0 Å². The third-order valence-electron chi connectivity index (χ3n) is 2.93. The highest BCUT2D eigenvalue weighted by Gasteiger charge is 2.10. The van der Waals surface area contributed by atoms with Crippen molar-refractivity contribution in [1.82, 2.24) is 9.97 Å². The van der Waals surface area contributed by atoms with E-state index in [2.05, 4.69) is 21.4 Å². The molecular formula is C14H12FN3S2. The predicted octanol–water partition coefficient (Wildman–Crippen LogP) is 4.26. The lowest BCUT2D eigenvalue weighted by molar-refractivity contribution is 0.589. The number of anilines is 1. The average molecular weight is 304 g/mol. The van der Waals surface area contributed by atoms with Gasteiger partial charge < -0.3 is 5.32 Å². The van der Waals surface area contributed by atoms with Gasteiger partial charge in [-0.25, -0.2) is 9.97 Å². The first-order chi connectivity index (χ1) is 9.71. The summed E-state index contributed by atoms with van der Waals surface area (Å²) in [6.45, 7) is 0. The van der Waals surface area contributed by atoms with Crippen molar-refractivity contribution in [2.75, 3.05) is 18.6 Å². The van der Waals surface area contributed by atoms with Crippen molar-refractivity contribution < 1.29 is 4.39 Å². The highest BCUT2D eigenvalue weighted by molar-refractivity contribution is 7.98. The van der Waals surface area contributed by atoms with Crippen LogP contribution in [-0.4, -0.2) is 23.3 Å². The molecule has 3 nitrogen and oxygen atoms in total. The van der Waals surface area contributed by atoms with Crippen LogP contribution in [-0.2, 0) is 0 Å². The van der Waals surface area contributed by atoms with Crippen molar-refractivity contribution in [1.29, 1.82) is 0 Å². The number of thiazole rings is 1. The number of aromatic nitrogens is 2. The first-order valence-corrected chi connectivity index (χ1v) is 8.04. The van der Waals surface area contributed by atoms with Crippen molar-refractivity contribution in [3.8, 4) is 10.7 Å². The minimum atomic E-state index is -0.506. The molecule has 102 valence electrons. The summed E-state index contributed by atoms with van der Waals surface area (Å²) >= 11 is 3.22. The molecular weight excluding hydrogens is 292 g/mol. The van der Waals surface area contributed by atoms with E-state index < -0.39 is 5.95 Å². The SMILES string of the molecule is CNc1ccc(-c2nc3ccc(SC)cc3s2)nc1[18F]. The van der Waals surface area contributed by atoms with Gasteiger partial charge in [0.15, 0.2) is 0 Å². The molecule has 0 amide bonds. The van der Waals surface area contributed by atoms with E-state index >= 15 is 0 Å². The van der Waals surface area contributed by atoms with Crippen LogP contribution in [0.1, 0.15) is 0 Å². The van der Waals surface area contributed by atoms with Crippen molar-refractivity contribution in [3.63, 3.8) is 0 Å². The maximum atomic E-state index is 13.7. The van der Waals surface area contributed by atoms with E-state index in [-0.39, 0.29) is 0 Å². The molecule has 0 bridgehead atoms. The summed E-state index contributed by atoms with van der Waals surface area (Å²) in [5.74, 6) is -0.506. The largest absolute Gasteiger partial charge is 0.384 e. The zero-order valence-electron chi connectivity index (χ0n) is 11.0. The first kappa shape index (κ1) is 13.3. The van der Waals surface area contributed by atoms with Crippen LogP contribution in [0.5, 0.6) is 0 Å². The number of thioether (sulfide) groups is 1. The van der Waals surface area contributed by atoms with E-state index in [1.54, 1.807) is 30.9 Å². The summed E-state index contributed by atoms with van der Waals surface area (Å²) in [5, 5.41) is 3.49. The number of halogens is 1. The summed E-state index contributed by atoms with van der Waals surface area (Å²) in [5.41, 5.74) is 1.87. The van der Waals surface area contributed by atoms with Gasteiger partial charge in [0, 0.05) is 11.9 Å². The maximum Gasteiger partial charge on any atom is 0.236 e. The molecule has 2 heterocycles. The number of hydrogen-bond donors (Lipinski definition) is 1. The predicted molar refractivity (Wildman–Crippen MR) is 84.1 cm³/mol. The van der Waals surface area contributed by atoms with Gasteiger partial charge in [0.2, 0.25) is 5.95 Å². The van der Waals surface area contributed by atoms with Gasteiger partial charge in [-0.1, -0.05) is 0 Å². The van der Waals surface area contributed by atoms with Gasteiger partial charge in [-0.05, 0) is 36.6 Å². The molecule has 0 aliphatic rings. The Morgan fingerprint density at radius 2 is 2.05 bits per heavy atom. The molecule has 0 atom stereocenters. The maximum absolute atomic E-state index is 13.7. The number of nitrogens with one attached hydrogen (secondary N) is 1. The minimum Gasteiger partial charge on any atom is -0.384 e. The molecule has 0 aliphatic carbocycles. The Morgan fingerprint density at radius 1 is 1.20 bits per heavy atom. The van der Waals surface area contributed by atoms with Gasteiger partial charge in [0.25, 0.3) is 0 Å². The molecule has 0 saturated carbocycles. The van der Waals surface area contributed by atoms with Crippen molar-refractivity contribution in [2.45, 2.75) is 4.90 Å². The fourth-order valence-electron chi connectivity index (χ4n) is 1.88. The topological polar surface area (TPSA) is 37.8 Å². The van der Waals surface area contributed by atoms with Gasteiger partial charge in [-0.2, -0.15) is 4.39 Å². The molecule has 3 rings (SSSR count). The summed E-state index contributed by atoms with van der Waals surface area (Å²) in [6, 6.07) is 9.58. The van der Waals surface area contributed by atoms with E-state index in [1.807, 2.05) is 18.4 Å². The van der Waals surface area contributed by atoms with Gasteiger partial charge in [0.05, 0.1) is 15.9 Å². The van der Waals surface area contributed by atoms with Crippen LogP contribution in [0.25, 0.3) is 20.9 Å². The molecule has 0 spiro atoms. The van der Waals surface area contributed by atoms with Crippen LogP contribution < -0.4 is 5.32 Å². The number of hydrogen-bond acceptors (Lipinski definition) is 5. The van der Waals surface area contributed by atoms with Gasteiger partial charge in [0.1, 0.15) is 10.7 Å². The second kappa shape index (κ2) is 5.38. The third kappa shape index (κ3) is 2.36. The lowest BCUT2D eigenvalue weighted by Crippen LogP contribution is -1.96. The van der Waals surface area contributed by atoms with E-state index in [1.165, 1.54) is 16.2 Å². The molecule has 3 aromatic rings. The summed E-state index contributed by atoms with van der Waals surface area (Å²) in [6.07, 6.45) is 2.04. The standard InChI is InChI=1S/C14H12FN3S2/c1-16-10-5-6-11(17-13(10)15)14-18-9-4-3-8(19-2)7-12(9)20-14/h3-7,16H,1-2H3/i15-1. The van der Waals surface area contributed by atoms with Gasteiger partial charge in [-0.3, -0.25) is 0 Å². The normalized spacial score (nSPS) is 10.9. The third-order valence-corrected chi connectivity index (χ3v) is 4.70. The molecule has 1 N–H and O–H groups in total. The van der Waals surface area contributed by atoms with Crippen LogP contribution >= 0.6 is 23.1 Å². The zero-order valence-corrected chi connectivity index (χ0v) is 12.6. The fourth-order valence-corrected chi connectivity index (χ4v) is 3.37. The lowest BCUT2D eigenvalue weighted by Gasteiger charge is -2.01. The number of benzene rings is 1. The number of nitrogens with zero attached hydrogens (tertiary/aromatic N) is 2. The molecule has 0 saturated heterocycles. The molecule has 0 unspecified atom stereocenters. The highest BCUT2D eigenvalue weighted by atomic mass is 32.2. The molecule has 6 heteroatoms. The summed E-state index contributed by atoms with van der Waals surface area (Å²) < 4.78 is 14.8. The monoisotopic (exact) mass is 304 g/mol. The van der Waals surface area contributed by atoms with E-state index in [4.69, 9.17) is 0 Å². The Balaban J connectivity index is 2.07. The molecule has 0 aliphatic heterocycles. The first-order valence-electron chi connectivity index (χ1n) is 6.00. The molecule has 20 heavy (non-hydrogen) atoms. The number of pyridine rings is 1. The Bertz CT molecular complexity index is 770. The molecule has 0 fully saturated rings. The van der Waals surface area contributed by atoms with E-state index in [0.717, 1.165) is 15.2 Å². The van der Waals surface area contributed by atoms with Crippen LogP contribution in [0.4, 0.5) is 10.1 Å². The molecule has 0 radical (unpaired) electrons. The summed E-state index contributed by atoms with van der Waals surface area (Å²) in [4.78, 5) is 9.67. The summed E-state index contributed by atoms with van der Waals surface area (Å²) in [7, 11) is 1.67. The van der Waals surface area contributed by atoms with Crippen molar-refractivity contribution in [3.05, 3.63) is 36.3 Å². The zero-order chi connectivity index (χ0) is 14.1. The Kier molecular flexibility index (Phi) is 3.58. The van der Waals surface area contributed by atoms with Crippen LogP contribution in [0, 0.1) is 5.95 Å². The fraction of sp³-hybridized carbons (Fsp3) is 0.143. The second-order valence-electron chi connectivity index (χ2n) is 4.14. The number of fused-ring (bicyclic) bond motifs is 1. The minimum absolute atomic E-state index is 0.388. The van der Waals surface area contributed by atoms with Crippen LogP contribution in [0.3, 0.4) is 0 Å². The Morgan fingerprint density at radius 3 is 2.75 bits per heavy atom. The Hall–Kier alpha value is -1.66. The van der Waals surface area contributed by atoms with Crippen molar-refractivity contribution in [2.24, 2.45) is 0 Å². The number of rotatable bonds is 3. The van der Waals surface area contributed by atoms with Crippen LogP contribution in [0.15, 0.2) is 35.2 Å². The van der Waals surface area contributed by atoms with E-state index in [9.17, 15) is 4.39 Å². The molecule has 2 aromatic heterocycles. The Labute approximate surface area is 124 Å². The highest BCUT2D eigenvalue weighted by Crippen LogP contribution is 2.32. The lowest BCUT2D eigenvalue weighted by atomic mass is 10.3. The quantitative estimate of drug-likeness (QED) is 0.579. The van der Waals surface area contributed by atoms with E-state index in [0.29, 0.717) is 11.4 Å². The average Bonchev–Trinajstić information content (AvgIpc) is 2.89. The van der Waals surface area contributed by atoms with Gasteiger partial charge in [-0.15, -0.1) is 23.1 Å². The second-order valence-corrected chi connectivity index (χ2v) is 6.05. The molecule has 1 aromatic carbocycles. The smallest absolute Gasteiger partial charge is 0.236 e. The van der Waals surface area contributed by atoms with Crippen LogP contribution in [0.2, 0.25) is 0 Å².